The average molecular weight is 255 g/mol. The molecule has 0 saturated heterocycles. The minimum Gasteiger partial charge on any atom is -0.453 e. The Labute approximate surface area is 110 Å². The van der Waals surface area contributed by atoms with Crippen molar-refractivity contribution < 1.29 is 9.84 Å². The number of para-hydroxylation sites is 1. The van der Waals surface area contributed by atoms with E-state index in [0.717, 1.165) is 10.9 Å². The van der Waals surface area contributed by atoms with E-state index in [0.29, 0.717) is 17.2 Å². The van der Waals surface area contributed by atoms with Crippen molar-refractivity contribution >= 4 is 10.9 Å². The third kappa shape index (κ3) is 2.28. The predicted molar refractivity (Wildman–Crippen MR) is 70.9 cm³/mol. The van der Waals surface area contributed by atoms with Crippen molar-refractivity contribution in [2.24, 2.45) is 7.05 Å². The number of fused-ring (bicyclic) bond motifs is 1. The van der Waals surface area contributed by atoms with Gasteiger partial charge in [0.2, 0.25) is 0 Å². The summed E-state index contributed by atoms with van der Waals surface area (Å²) in [7, 11) is 1.83. The van der Waals surface area contributed by atoms with Gasteiger partial charge in [0.25, 0.3) is 0 Å². The average Bonchev–Trinajstić information content (AvgIpc) is 2.84. The monoisotopic (exact) mass is 255 g/mol. The first-order chi connectivity index (χ1) is 9.26. The van der Waals surface area contributed by atoms with Gasteiger partial charge in [-0.1, -0.05) is 12.1 Å². The molecule has 0 spiro atoms. The number of ether oxygens (including phenoxy) is 1. The number of hydrogen-bond acceptors (Lipinski definition) is 4. The van der Waals surface area contributed by atoms with Gasteiger partial charge in [0.05, 0.1) is 30.2 Å². The SMILES string of the molecule is Cn1cc(Oc2cc(CO)nc3ccccc23)cn1. The third-order valence-corrected chi connectivity index (χ3v) is 2.80. The van der Waals surface area contributed by atoms with Gasteiger partial charge >= 0.3 is 0 Å². The van der Waals surface area contributed by atoms with E-state index in [1.807, 2.05) is 31.3 Å². The van der Waals surface area contributed by atoms with Crippen molar-refractivity contribution in [3.8, 4) is 11.5 Å². The summed E-state index contributed by atoms with van der Waals surface area (Å²) in [6.45, 7) is -0.117. The van der Waals surface area contributed by atoms with Gasteiger partial charge in [-0.25, -0.2) is 0 Å². The van der Waals surface area contributed by atoms with E-state index in [1.165, 1.54) is 0 Å². The topological polar surface area (TPSA) is 60.2 Å². The van der Waals surface area contributed by atoms with Crippen LogP contribution in [0, 0.1) is 0 Å². The maximum atomic E-state index is 9.26. The molecule has 0 aliphatic carbocycles. The quantitative estimate of drug-likeness (QED) is 0.779. The van der Waals surface area contributed by atoms with Crippen LogP contribution in [0.25, 0.3) is 10.9 Å². The Hall–Kier alpha value is -2.40. The summed E-state index contributed by atoms with van der Waals surface area (Å²) in [5.41, 5.74) is 1.38. The highest BCUT2D eigenvalue weighted by Gasteiger charge is 2.08. The number of aliphatic hydroxyl groups is 1. The molecule has 19 heavy (non-hydrogen) atoms. The summed E-state index contributed by atoms with van der Waals surface area (Å²) in [5, 5.41) is 14.2. The Kier molecular flexibility index (Phi) is 2.89. The molecule has 1 N–H and O–H groups in total. The number of hydrogen-bond donors (Lipinski definition) is 1. The summed E-state index contributed by atoms with van der Waals surface area (Å²) < 4.78 is 7.49. The zero-order valence-electron chi connectivity index (χ0n) is 10.4. The van der Waals surface area contributed by atoms with Crippen molar-refractivity contribution in [3.63, 3.8) is 0 Å². The molecular formula is C14H13N3O2. The summed E-state index contributed by atoms with van der Waals surface area (Å²) in [5.74, 6) is 1.32. The first-order valence-corrected chi connectivity index (χ1v) is 5.92. The minimum absolute atomic E-state index is 0.117. The second-order valence-corrected chi connectivity index (χ2v) is 4.24. The molecule has 3 aromatic rings. The number of aromatic nitrogens is 3. The van der Waals surface area contributed by atoms with Crippen LogP contribution >= 0.6 is 0 Å². The van der Waals surface area contributed by atoms with E-state index in [4.69, 9.17) is 4.74 Å². The van der Waals surface area contributed by atoms with Crippen LogP contribution in [0.2, 0.25) is 0 Å². The van der Waals surface area contributed by atoms with Crippen LogP contribution in [0.15, 0.2) is 42.7 Å². The van der Waals surface area contributed by atoms with Crippen LogP contribution in [0.4, 0.5) is 0 Å². The lowest BCUT2D eigenvalue weighted by molar-refractivity contribution is 0.277. The number of benzene rings is 1. The molecule has 0 radical (unpaired) electrons. The van der Waals surface area contributed by atoms with Crippen molar-refractivity contribution in [1.82, 2.24) is 14.8 Å². The van der Waals surface area contributed by atoms with Crippen LogP contribution < -0.4 is 4.74 Å². The molecule has 0 saturated carbocycles. The van der Waals surface area contributed by atoms with Crippen LogP contribution in [-0.2, 0) is 13.7 Å². The Balaban J connectivity index is 2.10. The molecule has 2 heterocycles. The highest BCUT2D eigenvalue weighted by Crippen LogP contribution is 2.29. The van der Waals surface area contributed by atoms with E-state index in [9.17, 15) is 5.11 Å². The zero-order chi connectivity index (χ0) is 13.2. The van der Waals surface area contributed by atoms with Gasteiger partial charge in [-0.3, -0.25) is 9.67 Å². The second-order valence-electron chi connectivity index (χ2n) is 4.24. The third-order valence-electron chi connectivity index (χ3n) is 2.80. The summed E-state index contributed by atoms with van der Waals surface area (Å²) in [4.78, 5) is 4.35. The second kappa shape index (κ2) is 4.70. The predicted octanol–water partition coefficient (Wildman–Crippen LogP) is 2.25. The van der Waals surface area contributed by atoms with Crippen molar-refractivity contribution in [2.75, 3.05) is 0 Å². The molecule has 5 nitrogen and oxygen atoms in total. The first-order valence-electron chi connectivity index (χ1n) is 5.92. The molecule has 0 bridgehead atoms. The van der Waals surface area contributed by atoms with E-state index < -0.39 is 0 Å². The Morgan fingerprint density at radius 2 is 2.16 bits per heavy atom. The molecule has 5 heteroatoms. The lowest BCUT2D eigenvalue weighted by Crippen LogP contribution is -1.93. The Bertz CT molecular complexity index is 722. The fraction of sp³-hybridized carbons (Fsp3) is 0.143. The lowest BCUT2D eigenvalue weighted by Gasteiger charge is -2.08. The summed E-state index contributed by atoms with van der Waals surface area (Å²) in [6, 6.07) is 9.41. The zero-order valence-corrected chi connectivity index (χ0v) is 10.4. The van der Waals surface area contributed by atoms with Crippen LogP contribution in [0.1, 0.15) is 5.69 Å². The molecular weight excluding hydrogens is 242 g/mol. The van der Waals surface area contributed by atoms with Gasteiger partial charge in [-0.05, 0) is 12.1 Å². The molecule has 3 rings (SSSR count). The maximum Gasteiger partial charge on any atom is 0.165 e. The molecule has 2 aromatic heterocycles. The van der Waals surface area contributed by atoms with Crippen molar-refractivity contribution in [3.05, 3.63) is 48.4 Å². The number of nitrogens with zero attached hydrogens (tertiary/aromatic N) is 3. The smallest absolute Gasteiger partial charge is 0.165 e. The molecule has 0 aliphatic heterocycles. The number of pyridine rings is 1. The summed E-state index contributed by atoms with van der Waals surface area (Å²) in [6.07, 6.45) is 3.43. The van der Waals surface area contributed by atoms with Gasteiger partial charge in [0.15, 0.2) is 5.75 Å². The Morgan fingerprint density at radius 3 is 2.89 bits per heavy atom. The molecule has 1 aromatic carbocycles. The number of aliphatic hydroxyl groups excluding tert-OH is 1. The summed E-state index contributed by atoms with van der Waals surface area (Å²) >= 11 is 0. The lowest BCUT2D eigenvalue weighted by atomic mass is 10.2. The fourth-order valence-corrected chi connectivity index (χ4v) is 1.94. The van der Waals surface area contributed by atoms with Gasteiger partial charge in [0, 0.05) is 18.5 Å². The molecule has 0 fully saturated rings. The van der Waals surface area contributed by atoms with Gasteiger partial charge < -0.3 is 9.84 Å². The number of rotatable bonds is 3. The largest absolute Gasteiger partial charge is 0.453 e. The Morgan fingerprint density at radius 1 is 1.32 bits per heavy atom. The molecule has 96 valence electrons. The van der Waals surface area contributed by atoms with E-state index in [2.05, 4.69) is 10.1 Å². The van der Waals surface area contributed by atoms with E-state index in [1.54, 1.807) is 23.1 Å². The molecule has 0 amide bonds. The van der Waals surface area contributed by atoms with Gasteiger partial charge in [0.1, 0.15) is 5.75 Å². The van der Waals surface area contributed by atoms with Crippen LogP contribution in [0.5, 0.6) is 11.5 Å². The maximum absolute atomic E-state index is 9.26. The van der Waals surface area contributed by atoms with Crippen LogP contribution in [-0.4, -0.2) is 19.9 Å². The fourth-order valence-electron chi connectivity index (χ4n) is 1.94. The van der Waals surface area contributed by atoms with Gasteiger partial charge in [-0.2, -0.15) is 5.10 Å². The van der Waals surface area contributed by atoms with Crippen LogP contribution in [0.3, 0.4) is 0 Å². The molecule has 0 aliphatic rings. The highest BCUT2D eigenvalue weighted by molar-refractivity contribution is 5.85. The standard InChI is InChI=1S/C14H13N3O2/c1-17-8-11(7-15-17)19-14-6-10(9-18)16-13-5-3-2-4-12(13)14/h2-8,18H,9H2,1H3. The highest BCUT2D eigenvalue weighted by atomic mass is 16.5. The molecule has 0 unspecified atom stereocenters. The molecule has 0 atom stereocenters. The van der Waals surface area contributed by atoms with E-state index >= 15 is 0 Å². The minimum atomic E-state index is -0.117. The van der Waals surface area contributed by atoms with Crippen molar-refractivity contribution in [1.29, 1.82) is 0 Å². The van der Waals surface area contributed by atoms with E-state index in [-0.39, 0.29) is 6.61 Å². The normalized spacial score (nSPS) is 10.8. The van der Waals surface area contributed by atoms with Crippen molar-refractivity contribution in [2.45, 2.75) is 6.61 Å². The number of aryl methyl sites for hydroxylation is 1. The first kappa shape index (κ1) is 11.7. The van der Waals surface area contributed by atoms with Gasteiger partial charge in [-0.15, -0.1) is 0 Å².